The number of nitrogens with zero attached hydrogens (tertiary/aromatic N) is 1. The first-order valence-corrected chi connectivity index (χ1v) is 7.67. The van der Waals surface area contributed by atoms with Gasteiger partial charge in [-0.25, -0.2) is 8.78 Å². The van der Waals surface area contributed by atoms with Crippen LogP contribution in [0.25, 0.3) is 0 Å². The van der Waals surface area contributed by atoms with E-state index in [0.29, 0.717) is 13.1 Å². The molecule has 1 fully saturated rings. The second-order valence-corrected chi connectivity index (χ2v) is 5.95. The van der Waals surface area contributed by atoms with Crippen LogP contribution in [-0.2, 0) is 0 Å². The molecule has 0 aliphatic carbocycles. The number of methoxy groups -OCH3 is 1. The molecule has 0 spiro atoms. The molecule has 2 unspecified atom stereocenters. The molecule has 1 heterocycles. The van der Waals surface area contributed by atoms with E-state index in [1.807, 2.05) is 29.2 Å². The van der Waals surface area contributed by atoms with Crippen LogP contribution in [0, 0.1) is 11.6 Å². The molecule has 5 heteroatoms. The van der Waals surface area contributed by atoms with Crippen molar-refractivity contribution in [1.29, 1.82) is 0 Å². The molecule has 1 aliphatic heterocycles. The maximum Gasteiger partial charge on any atom is 0.182 e. The summed E-state index contributed by atoms with van der Waals surface area (Å²) in [5, 5.41) is 0. The molecular formula is C18H20F2N2O. The number of anilines is 1. The van der Waals surface area contributed by atoms with Crippen LogP contribution < -0.4 is 15.4 Å². The van der Waals surface area contributed by atoms with E-state index in [2.05, 4.69) is 0 Å². The third-order valence-corrected chi connectivity index (χ3v) is 4.32. The minimum atomic E-state index is -0.834. The number of halogens is 2. The molecule has 122 valence electrons. The van der Waals surface area contributed by atoms with Gasteiger partial charge in [0.05, 0.1) is 12.8 Å². The fraction of sp³-hybridized carbons (Fsp3) is 0.333. The van der Waals surface area contributed by atoms with Crippen molar-refractivity contribution in [3.63, 3.8) is 0 Å². The van der Waals surface area contributed by atoms with Crippen molar-refractivity contribution in [2.24, 2.45) is 5.73 Å². The smallest absolute Gasteiger partial charge is 0.182 e. The van der Waals surface area contributed by atoms with Crippen LogP contribution >= 0.6 is 0 Å². The van der Waals surface area contributed by atoms with Crippen LogP contribution in [0.4, 0.5) is 14.5 Å². The Kier molecular flexibility index (Phi) is 4.48. The maximum absolute atomic E-state index is 14.1. The van der Waals surface area contributed by atoms with Crippen LogP contribution in [0.3, 0.4) is 0 Å². The van der Waals surface area contributed by atoms with Crippen LogP contribution in [0.2, 0.25) is 0 Å². The van der Waals surface area contributed by atoms with Gasteiger partial charge in [-0.2, -0.15) is 0 Å². The first-order valence-electron chi connectivity index (χ1n) is 7.67. The summed E-state index contributed by atoms with van der Waals surface area (Å²) in [6, 6.07) is 12.0. The minimum absolute atomic E-state index is 0.0948. The van der Waals surface area contributed by atoms with E-state index in [9.17, 15) is 8.78 Å². The molecule has 3 rings (SSSR count). The van der Waals surface area contributed by atoms with Crippen molar-refractivity contribution in [2.45, 2.75) is 18.4 Å². The second-order valence-electron chi connectivity index (χ2n) is 5.95. The van der Waals surface area contributed by atoms with Crippen LogP contribution in [0.5, 0.6) is 5.75 Å². The Morgan fingerprint density at radius 2 is 1.91 bits per heavy atom. The molecule has 0 bridgehead atoms. The average molecular weight is 318 g/mol. The largest absolute Gasteiger partial charge is 0.497 e. The van der Waals surface area contributed by atoms with Gasteiger partial charge in [0.15, 0.2) is 11.6 Å². The molecule has 0 saturated carbocycles. The molecule has 1 saturated heterocycles. The topological polar surface area (TPSA) is 38.5 Å². The average Bonchev–Trinajstić information content (AvgIpc) is 2.57. The van der Waals surface area contributed by atoms with Crippen molar-refractivity contribution in [3.8, 4) is 5.75 Å². The lowest BCUT2D eigenvalue weighted by atomic mass is 9.88. The molecule has 23 heavy (non-hydrogen) atoms. The van der Waals surface area contributed by atoms with Crippen LogP contribution in [0.15, 0.2) is 42.5 Å². The summed E-state index contributed by atoms with van der Waals surface area (Å²) < 4.78 is 32.8. The van der Waals surface area contributed by atoms with Gasteiger partial charge in [-0.1, -0.05) is 18.2 Å². The lowest BCUT2D eigenvalue weighted by Crippen LogP contribution is -2.46. The summed E-state index contributed by atoms with van der Waals surface area (Å²) in [4.78, 5) is 1.83. The zero-order valence-electron chi connectivity index (χ0n) is 13.0. The number of hydrogen-bond donors (Lipinski definition) is 1. The maximum atomic E-state index is 14.1. The highest BCUT2D eigenvalue weighted by molar-refractivity contribution is 5.50. The van der Waals surface area contributed by atoms with Gasteiger partial charge in [0.1, 0.15) is 5.75 Å². The third-order valence-electron chi connectivity index (χ3n) is 4.32. The molecule has 2 atom stereocenters. The van der Waals surface area contributed by atoms with Gasteiger partial charge in [-0.15, -0.1) is 0 Å². The standard InChI is InChI=1S/C18H20F2N2O/c1-23-15-5-2-4-12(9-15)13-8-14(21)11-22(10-13)17-7-3-6-16(19)18(17)20/h2-7,9,13-14H,8,10-11,21H2,1H3. The van der Waals surface area contributed by atoms with Crippen molar-refractivity contribution in [2.75, 3.05) is 25.1 Å². The van der Waals surface area contributed by atoms with E-state index < -0.39 is 11.6 Å². The fourth-order valence-corrected chi connectivity index (χ4v) is 3.21. The zero-order chi connectivity index (χ0) is 16.4. The van der Waals surface area contributed by atoms with Crippen LogP contribution in [0.1, 0.15) is 17.9 Å². The summed E-state index contributed by atoms with van der Waals surface area (Å²) in [6.45, 7) is 1.11. The molecule has 1 aliphatic rings. The number of nitrogens with two attached hydrogens (primary N) is 1. The Labute approximate surface area is 134 Å². The van der Waals surface area contributed by atoms with E-state index in [1.165, 1.54) is 6.07 Å². The van der Waals surface area contributed by atoms with E-state index in [0.717, 1.165) is 23.8 Å². The van der Waals surface area contributed by atoms with Crippen LogP contribution in [-0.4, -0.2) is 26.2 Å². The van der Waals surface area contributed by atoms with Gasteiger partial charge in [0.25, 0.3) is 0 Å². The minimum Gasteiger partial charge on any atom is -0.497 e. The first-order chi connectivity index (χ1) is 11.1. The summed E-state index contributed by atoms with van der Waals surface area (Å²) in [5.41, 5.74) is 7.53. The predicted octanol–water partition coefficient (Wildman–Crippen LogP) is 3.29. The first kappa shape index (κ1) is 15.7. The lowest BCUT2D eigenvalue weighted by Gasteiger charge is -2.38. The molecule has 2 N–H and O–H groups in total. The van der Waals surface area contributed by atoms with Gasteiger partial charge in [0.2, 0.25) is 0 Å². The molecule has 0 aromatic heterocycles. The summed E-state index contributed by atoms with van der Waals surface area (Å²) in [7, 11) is 1.63. The monoisotopic (exact) mass is 318 g/mol. The molecular weight excluding hydrogens is 298 g/mol. The highest BCUT2D eigenvalue weighted by Gasteiger charge is 2.28. The second kappa shape index (κ2) is 6.54. The Morgan fingerprint density at radius 3 is 2.70 bits per heavy atom. The Bertz CT molecular complexity index is 692. The van der Waals surface area contributed by atoms with Crippen molar-refractivity contribution in [1.82, 2.24) is 0 Å². The quantitative estimate of drug-likeness (QED) is 0.944. The molecule has 0 radical (unpaired) electrons. The van der Waals surface area contributed by atoms with Gasteiger partial charge in [-0.05, 0) is 36.2 Å². The van der Waals surface area contributed by atoms with Gasteiger partial charge in [-0.3, -0.25) is 0 Å². The van der Waals surface area contributed by atoms with Crippen molar-refractivity contribution < 1.29 is 13.5 Å². The van der Waals surface area contributed by atoms with E-state index in [1.54, 1.807) is 13.2 Å². The molecule has 3 nitrogen and oxygen atoms in total. The Hall–Kier alpha value is -2.14. The van der Waals surface area contributed by atoms with E-state index >= 15 is 0 Å². The number of benzene rings is 2. The number of piperidine rings is 1. The third kappa shape index (κ3) is 3.29. The number of hydrogen-bond acceptors (Lipinski definition) is 3. The predicted molar refractivity (Wildman–Crippen MR) is 86.9 cm³/mol. The SMILES string of the molecule is COc1cccc(C2CC(N)CN(c3cccc(F)c3F)C2)c1. The lowest BCUT2D eigenvalue weighted by molar-refractivity contribution is 0.410. The normalized spacial score (nSPS) is 21.3. The van der Waals surface area contributed by atoms with Crippen molar-refractivity contribution in [3.05, 3.63) is 59.7 Å². The molecule has 2 aromatic rings. The van der Waals surface area contributed by atoms with E-state index in [-0.39, 0.29) is 17.6 Å². The Balaban J connectivity index is 1.88. The van der Waals surface area contributed by atoms with Crippen molar-refractivity contribution >= 4 is 5.69 Å². The molecule has 0 amide bonds. The highest BCUT2D eigenvalue weighted by Crippen LogP contribution is 2.32. The Morgan fingerprint density at radius 1 is 1.13 bits per heavy atom. The summed E-state index contributed by atoms with van der Waals surface area (Å²) in [5.74, 6) is -0.716. The number of ether oxygens (including phenoxy) is 1. The summed E-state index contributed by atoms with van der Waals surface area (Å²) >= 11 is 0. The van der Waals surface area contributed by atoms with Gasteiger partial charge in [0, 0.05) is 25.0 Å². The summed E-state index contributed by atoms with van der Waals surface area (Å²) in [6.07, 6.45) is 0.806. The van der Waals surface area contributed by atoms with Gasteiger partial charge < -0.3 is 15.4 Å². The van der Waals surface area contributed by atoms with E-state index in [4.69, 9.17) is 10.5 Å². The molecule has 2 aromatic carbocycles. The highest BCUT2D eigenvalue weighted by atomic mass is 19.2. The number of rotatable bonds is 3. The fourth-order valence-electron chi connectivity index (χ4n) is 3.21. The zero-order valence-corrected chi connectivity index (χ0v) is 13.0. The van der Waals surface area contributed by atoms with Gasteiger partial charge >= 0.3 is 0 Å².